The van der Waals surface area contributed by atoms with Gasteiger partial charge < -0.3 is 5.32 Å². The summed E-state index contributed by atoms with van der Waals surface area (Å²) in [6.07, 6.45) is 2.79. The first kappa shape index (κ1) is 15.3. The van der Waals surface area contributed by atoms with Crippen LogP contribution in [-0.2, 0) is 0 Å². The fourth-order valence-electron chi connectivity index (χ4n) is 2.97. The van der Waals surface area contributed by atoms with Gasteiger partial charge >= 0.3 is 0 Å². The van der Waals surface area contributed by atoms with Crippen molar-refractivity contribution in [3.8, 4) is 0 Å². The van der Waals surface area contributed by atoms with E-state index in [2.05, 4.69) is 49.7 Å². The quantitative estimate of drug-likeness (QED) is 0.824. The number of rotatable bonds is 5. The molecule has 2 aliphatic rings. The van der Waals surface area contributed by atoms with Crippen molar-refractivity contribution in [1.29, 1.82) is 0 Å². The minimum atomic E-state index is 0.328. The summed E-state index contributed by atoms with van der Waals surface area (Å²) in [5.74, 6) is 0.752. The standard InChI is InChI=1S/C16H33N3/c1-13(12-17-15-6-7-15)14(2)18-8-10-19(11-9-18)16(3,4)5/h13-15,17H,6-12H2,1-5H3. The van der Waals surface area contributed by atoms with E-state index >= 15 is 0 Å². The van der Waals surface area contributed by atoms with Crippen molar-refractivity contribution in [2.24, 2.45) is 5.92 Å². The minimum Gasteiger partial charge on any atom is -0.314 e. The number of piperazine rings is 1. The molecule has 1 saturated heterocycles. The molecule has 0 radical (unpaired) electrons. The molecule has 0 aromatic carbocycles. The minimum absolute atomic E-state index is 0.328. The van der Waals surface area contributed by atoms with Crippen LogP contribution in [-0.4, -0.2) is 60.1 Å². The lowest BCUT2D eigenvalue weighted by Gasteiger charge is -2.45. The molecule has 0 aromatic heterocycles. The van der Waals surface area contributed by atoms with E-state index in [9.17, 15) is 0 Å². The average molecular weight is 267 g/mol. The van der Waals surface area contributed by atoms with Gasteiger partial charge in [-0.3, -0.25) is 9.80 Å². The third-order valence-electron chi connectivity index (χ3n) is 4.97. The summed E-state index contributed by atoms with van der Waals surface area (Å²) in [5, 5.41) is 3.67. The fraction of sp³-hybridized carbons (Fsp3) is 1.00. The Hall–Kier alpha value is -0.120. The molecule has 0 amide bonds. The second-order valence-electron chi connectivity index (χ2n) is 7.59. The Morgan fingerprint density at radius 3 is 2.11 bits per heavy atom. The van der Waals surface area contributed by atoms with Crippen molar-refractivity contribution >= 4 is 0 Å². The molecule has 2 unspecified atom stereocenters. The fourth-order valence-corrected chi connectivity index (χ4v) is 2.97. The van der Waals surface area contributed by atoms with Crippen LogP contribution in [0, 0.1) is 5.92 Å². The number of hydrogen-bond donors (Lipinski definition) is 1. The van der Waals surface area contributed by atoms with E-state index in [1.807, 2.05) is 0 Å². The topological polar surface area (TPSA) is 18.5 Å². The lowest BCUT2D eigenvalue weighted by Crippen LogP contribution is -2.56. The molecule has 1 aliphatic heterocycles. The van der Waals surface area contributed by atoms with Crippen molar-refractivity contribution in [1.82, 2.24) is 15.1 Å². The summed E-state index contributed by atoms with van der Waals surface area (Å²) in [6.45, 7) is 17.9. The molecule has 1 aliphatic carbocycles. The predicted octanol–water partition coefficient (Wildman–Crippen LogP) is 2.18. The summed E-state index contributed by atoms with van der Waals surface area (Å²) >= 11 is 0. The molecule has 2 atom stereocenters. The van der Waals surface area contributed by atoms with Gasteiger partial charge in [0.2, 0.25) is 0 Å². The maximum absolute atomic E-state index is 3.67. The van der Waals surface area contributed by atoms with Gasteiger partial charge in [0.15, 0.2) is 0 Å². The maximum atomic E-state index is 3.67. The zero-order valence-corrected chi connectivity index (χ0v) is 13.6. The Morgan fingerprint density at radius 1 is 1.05 bits per heavy atom. The van der Waals surface area contributed by atoms with Gasteiger partial charge in [0.25, 0.3) is 0 Å². The lowest BCUT2D eigenvalue weighted by atomic mass is 9.99. The van der Waals surface area contributed by atoms with Gasteiger partial charge in [-0.15, -0.1) is 0 Å². The van der Waals surface area contributed by atoms with Gasteiger partial charge in [-0.2, -0.15) is 0 Å². The van der Waals surface area contributed by atoms with E-state index in [-0.39, 0.29) is 0 Å². The SMILES string of the molecule is CC(CNC1CC1)C(C)N1CCN(C(C)(C)C)CC1. The van der Waals surface area contributed by atoms with Crippen LogP contribution in [0.4, 0.5) is 0 Å². The third-order valence-corrected chi connectivity index (χ3v) is 4.97. The van der Waals surface area contributed by atoms with Crippen molar-refractivity contribution < 1.29 is 0 Å². The highest BCUT2D eigenvalue weighted by atomic mass is 15.3. The Balaban J connectivity index is 1.73. The summed E-state index contributed by atoms with van der Waals surface area (Å²) in [5.41, 5.74) is 0.328. The van der Waals surface area contributed by atoms with Gasteiger partial charge in [0.1, 0.15) is 0 Å². The molecule has 3 heteroatoms. The van der Waals surface area contributed by atoms with E-state index < -0.39 is 0 Å². The first-order valence-corrected chi connectivity index (χ1v) is 8.10. The van der Waals surface area contributed by atoms with E-state index in [4.69, 9.17) is 0 Å². The van der Waals surface area contributed by atoms with Crippen LogP contribution in [0.25, 0.3) is 0 Å². The highest BCUT2D eigenvalue weighted by molar-refractivity contribution is 4.87. The van der Waals surface area contributed by atoms with Crippen LogP contribution in [0.3, 0.4) is 0 Å². The molecular weight excluding hydrogens is 234 g/mol. The molecule has 3 nitrogen and oxygen atoms in total. The van der Waals surface area contributed by atoms with Crippen molar-refractivity contribution in [3.05, 3.63) is 0 Å². The van der Waals surface area contributed by atoms with Crippen LogP contribution in [0.1, 0.15) is 47.5 Å². The summed E-state index contributed by atoms with van der Waals surface area (Å²) in [6, 6.07) is 1.54. The number of nitrogens with zero attached hydrogens (tertiary/aromatic N) is 2. The molecular formula is C16H33N3. The molecule has 0 aromatic rings. The lowest BCUT2D eigenvalue weighted by molar-refractivity contribution is 0.0339. The Kier molecular flexibility index (Phi) is 4.91. The first-order chi connectivity index (χ1) is 8.88. The Morgan fingerprint density at radius 2 is 1.63 bits per heavy atom. The van der Waals surface area contributed by atoms with Gasteiger partial charge in [0.05, 0.1) is 0 Å². The highest BCUT2D eigenvalue weighted by Gasteiger charge is 2.30. The van der Waals surface area contributed by atoms with Crippen LogP contribution in [0.2, 0.25) is 0 Å². The zero-order valence-electron chi connectivity index (χ0n) is 13.6. The molecule has 2 fully saturated rings. The summed E-state index contributed by atoms with van der Waals surface area (Å²) in [4.78, 5) is 5.30. The van der Waals surface area contributed by atoms with Crippen LogP contribution < -0.4 is 5.32 Å². The first-order valence-electron chi connectivity index (χ1n) is 8.10. The van der Waals surface area contributed by atoms with E-state index in [1.54, 1.807) is 0 Å². The van der Waals surface area contributed by atoms with Gasteiger partial charge in [-0.05, 0) is 53.0 Å². The van der Waals surface area contributed by atoms with E-state index in [0.29, 0.717) is 11.6 Å². The van der Waals surface area contributed by atoms with Crippen molar-refractivity contribution in [2.75, 3.05) is 32.7 Å². The van der Waals surface area contributed by atoms with Crippen LogP contribution in [0.5, 0.6) is 0 Å². The van der Waals surface area contributed by atoms with Gasteiger partial charge in [-0.25, -0.2) is 0 Å². The molecule has 0 bridgehead atoms. The van der Waals surface area contributed by atoms with E-state index in [1.165, 1.54) is 45.6 Å². The Labute approximate surface area is 119 Å². The van der Waals surface area contributed by atoms with Crippen LogP contribution >= 0.6 is 0 Å². The Bertz CT molecular complexity index is 272. The second-order valence-corrected chi connectivity index (χ2v) is 7.59. The average Bonchev–Trinajstić information content (AvgIpc) is 3.18. The normalized spacial score (nSPS) is 26.4. The zero-order chi connectivity index (χ0) is 14.0. The van der Waals surface area contributed by atoms with Crippen molar-refractivity contribution in [2.45, 2.75) is 65.1 Å². The van der Waals surface area contributed by atoms with Gasteiger partial charge in [-0.1, -0.05) is 6.92 Å². The largest absolute Gasteiger partial charge is 0.314 e. The van der Waals surface area contributed by atoms with Gasteiger partial charge in [0, 0.05) is 43.8 Å². The predicted molar refractivity (Wildman–Crippen MR) is 82.5 cm³/mol. The van der Waals surface area contributed by atoms with E-state index in [0.717, 1.165) is 12.0 Å². The second kappa shape index (κ2) is 6.11. The number of hydrogen-bond acceptors (Lipinski definition) is 3. The smallest absolute Gasteiger partial charge is 0.0126 e. The number of nitrogens with one attached hydrogen (secondary N) is 1. The van der Waals surface area contributed by atoms with Crippen LogP contribution in [0.15, 0.2) is 0 Å². The molecule has 19 heavy (non-hydrogen) atoms. The molecule has 0 spiro atoms. The molecule has 1 saturated carbocycles. The molecule has 1 N–H and O–H groups in total. The third kappa shape index (κ3) is 4.44. The van der Waals surface area contributed by atoms with Crippen molar-refractivity contribution in [3.63, 3.8) is 0 Å². The molecule has 112 valence electrons. The highest BCUT2D eigenvalue weighted by Crippen LogP contribution is 2.21. The summed E-state index contributed by atoms with van der Waals surface area (Å²) in [7, 11) is 0. The summed E-state index contributed by atoms with van der Waals surface area (Å²) < 4.78 is 0. The monoisotopic (exact) mass is 267 g/mol. The maximum Gasteiger partial charge on any atom is 0.0126 e. The molecule has 1 heterocycles. The molecule has 2 rings (SSSR count).